The van der Waals surface area contributed by atoms with Gasteiger partial charge in [-0.25, -0.2) is 4.39 Å². The molecule has 1 nitrogen and oxygen atoms in total. The van der Waals surface area contributed by atoms with Crippen molar-refractivity contribution in [1.29, 1.82) is 0 Å². The van der Waals surface area contributed by atoms with E-state index < -0.39 is 12.5 Å². The Hall–Kier alpha value is -1.18. The monoisotopic (exact) mass is 196 g/mol. The molecule has 14 heavy (non-hydrogen) atoms. The molecule has 0 aliphatic heterocycles. The van der Waals surface area contributed by atoms with Crippen LogP contribution in [0.2, 0.25) is 0 Å². The third-order valence-corrected chi connectivity index (χ3v) is 1.97. The Kier molecular flexibility index (Phi) is 5.77. The summed E-state index contributed by atoms with van der Waals surface area (Å²) in [6.45, 7) is 8.62. The van der Waals surface area contributed by atoms with Crippen LogP contribution in [0.3, 0.4) is 0 Å². The van der Waals surface area contributed by atoms with Gasteiger partial charge in [0.2, 0.25) is 0 Å². The molecule has 0 aliphatic rings. The summed E-state index contributed by atoms with van der Waals surface area (Å²) in [4.78, 5) is 11.0. The Morgan fingerprint density at radius 3 is 2.36 bits per heavy atom. The molecular formula is C12H17FO. The molecule has 0 fully saturated rings. The first-order valence-electron chi connectivity index (χ1n) is 4.65. The second-order valence-electron chi connectivity index (χ2n) is 3.36. The quantitative estimate of drug-likeness (QED) is 0.487. The van der Waals surface area contributed by atoms with Crippen LogP contribution >= 0.6 is 0 Å². The van der Waals surface area contributed by atoms with Gasteiger partial charge in [0.1, 0.15) is 0 Å². The summed E-state index contributed by atoms with van der Waals surface area (Å²) >= 11 is 0. The first-order valence-corrected chi connectivity index (χ1v) is 4.65. The molecule has 78 valence electrons. The van der Waals surface area contributed by atoms with Crippen LogP contribution in [0.15, 0.2) is 36.0 Å². The smallest absolute Gasteiger partial charge is 0.193 e. The van der Waals surface area contributed by atoms with Gasteiger partial charge < -0.3 is 0 Å². The number of Topliss-reactive ketones (excluding diaryl/α,β-unsaturated/α-hetero) is 1. The molecule has 0 saturated carbocycles. The molecule has 0 aromatic carbocycles. The summed E-state index contributed by atoms with van der Waals surface area (Å²) in [6.07, 6.45) is 4.98. The van der Waals surface area contributed by atoms with E-state index in [-0.39, 0.29) is 0 Å². The maximum Gasteiger partial charge on any atom is 0.193 e. The summed E-state index contributed by atoms with van der Waals surface area (Å²) in [5.74, 6) is -0.148. The Labute approximate surface area is 85.0 Å². The van der Waals surface area contributed by atoms with Gasteiger partial charge in [-0.3, -0.25) is 4.79 Å². The summed E-state index contributed by atoms with van der Waals surface area (Å²) in [5, 5.41) is 0. The molecule has 0 heterocycles. The molecule has 2 heteroatoms. The van der Waals surface area contributed by atoms with Crippen LogP contribution in [0.4, 0.5) is 4.39 Å². The minimum Gasteiger partial charge on any atom is -0.291 e. The van der Waals surface area contributed by atoms with Crippen LogP contribution in [0.5, 0.6) is 0 Å². The van der Waals surface area contributed by atoms with Crippen LogP contribution in [0, 0.1) is 5.92 Å². The lowest BCUT2D eigenvalue weighted by atomic mass is 10.0. The van der Waals surface area contributed by atoms with Crippen molar-refractivity contribution < 1.29 is 9.18 Å². The maximum atomic E-state index is 12.1. The Morgan fingerprint density at radius 1 is 1.43 bits per heavy atom. The fraction of sp³-hybridized carbons (Fsp3) is 0.417. The normalized spacial score (nSPS) is 12.5. The molecule has 0 atom stereocenters. The molecule has 0 N–H and O–H groups in total. The summed E-state index contributed by atoms with van der Waals surface area (Å²) in [7, 11) is 0. The number of ketones is 1. The zero-order valence-corrected chi connectivity index (χ0v) is 9.01. The number of hydrogen-bond donors (Lipinski definition) is 0. The number of alkyl halides is 1. The number of rotatable bonds is 5. The van der Waals surface area contributed by atoms with Gasteiger partial charge >= 0.3 is 0 Å². The molecule has 0 radical (unpaired) electrons. The van der Waals surface area contributed by atoms with Gasteiger partial charge in [0, 0.05) is 5.57 Å². The minimum atomic E-state index is -0.946. The molecule has 0 rings (SSSR count). The van der Waals surface area contributed by atoms with Crippen LogP contribution in [-0.4, -0.2) is 12.5 Å². The molecule has 0 aromatic rings. The largest absolute Gasteiger partial charge is 0.291 e. The van der Waals surface area contributed by atoms with Crippen LogP contribution in [0.25, 0.3) is 0 Å². The highest BCUT2D eigenvalue weighted by Crippen LogP contribution is 2.10. The van der Waals surface area contributed by atoms with Crippen molar-refractivity contribution >= 4 is 5.78 Å². The summed E-state index contributed by atoms with van der Waals surface area (Å²) in [6, 6.07) is 0. The first-order chi connectivity index (χ1) is 6.52. The van der Waals surface area contributed by atoms with E-state index >= 15 is 0 Å². The molecule has 0 unspecified atom stereocenters. The van der Waals surface area contributed by atoms with E-state index in [9.17, 15) is 9.18 Å². The molecule has 0 aromatic heterocycles. The highest BCUT2D eigenvalue weighted by Gasteiger charge is 2.04. The molecule has 0 aliphatic carbocycles. The van der Waals surface area contributed by atoms with E-state index in [1.165, 1.54) is 0 Å². The highest BCUT2D eigenvalue weighted by molar-refractivity contribution is 5.98. The standard InChI is InChI=1S/C12H17FO/c1-5-11(12(14)8-13)7-6-10(4)9(2)3/h5-7,9H,4,8H2,1-3H3/b7-6-,11-5+. The lowest BCUT2D eigenvalue weighted by Gasteiger charge is -2.03. The molecule has 0 spiro atoms. The van der Waals surface area contributed by atoms with E-state index in [4.69, 9.17) is 0 Å². The lowest BCUT2D eigenvalue weighted by molar-refractivity contribution is -0.116. The fourth-order valence-electron chi connectivity index (χ4n) is 0.817. The van der Waals surface area contributed by atoms with Crippen molar-refractivity contribution in [2.45, 2.75) is 20.8 Å². The van der Waals surface area contributed by atoms with Gasteiger partial charge in [-0.1, -0.05) is 44.2 Å². The fourth-order valence-corrected chi connectivity index (χ4v) is 0.817. The number of hydrogen-bond acceptors (Lipinski definition) is 1. The van der Waals surface area contributed by atoms with Crippen LogP contribution in [0.1, 0.15) is 20.8 Å². The van der Waals surface area contributed by atoms with Crippen molar-refractivity contribution in [1.82, 2.24) is 0 Å². The van der Waals surface area contributed by atoms with Crippen molar-refractivity contribution in [3.63, 3.8) is 0 Å². The van der Waals surface area contributed by atoms with Crippen molar-refractivity contribution in [3.8, 4) is 0 Å². The zero-order chi connectivity index (χ0) is 11.1. The Bertz CT molecular complexity index is 272. The van der Waals surface area contributed by atoms with Crippen LogP contribution < -0.4 is 0 Å². The predicted molar refractivity (Wildman–Crippen MR) is 57.9 cm³/mol. The summed E-state index contributed by atoms with van der Waals surface area (Å²) < 4.78 is 12.1. The van der Waals surface area contributed by atoms with E-state index in [0.29, 0.717) is 11.5 Å². The number of carbonyl (C=O) groups is 1. The second kappa shape index (κ2) is 6.30. The van der Waals surface area contributed by atoms with Gasteiger partial charge in [-0.05, 0) is 12.8 Å². The van der Waals surface area contributed by atoms with Crippen molar-refractivity contribution in [2.75, 3.05) is 6.67 Å². The molecule has 0 bridgehead atoms. The summed E-state index contributed by atoms with van der Waals surface area (Å²) in [5.41, 5.74) is 1.32. The topological polar surface area (TPSA) is 17.1 Å². The van der Waals surface area contributed by atoms with Gasteiger partial charge in [0.15, 0.2) is 12.5 Å². The average molecular weight is 196 g/mol. The van der Waals surface area contributed by atoms with Gasteiger partial charge in [-0.2, -0.15) is 0 Å². The van der Waals surface area contributed by atoms with E-state index in [1.807, 2.05) is 13.8 Å². The van der Waals surface area contributed by atoms with Crippen LogP contribution in [-0.2, 0) is 4.79 Å². The maximum absolute atomic E-state index is 12.1. The molecule has 0 saturated heterocycles. The third-order valence-electron chi connectivity index (χ3n) is 1.97. The molecule has 0 amide bonds. The van der Waals surface area contributed by atoms with Crippen molar-refractivity contribution in [2.24, 2.45) is 5.92 Å². The predicted octanol–water partition coefficient (Wildman–Crippen LogP) is 3.24. The van der Waals surface area contributed by atoms with Gasteiger partial charge in [0.25, 0.3) is 0 Å². The van der Waals surface area contributed by atoms with Gasteiger partial charge in [0.05, 0.1) is 0 Å². The SMILES string of the molecule is C=C(/C=C\C(=C/C)C(=O)CF)C(C)C. The zero-order valence-electron chi connectivity index (χ0n) is 9.01. The minimum absolute atomic E-state index is 0.338. The van der Waals surface area contributed by atoms with Crippen molar-refractivity contribution in [3.05, 3.63) is 36.0 Å². The Morgan fingerprint density at radius 2 is 2.00 bits per heavy atom. The van der Waals surface area contributed by atoms with E-state index in [0.717, 1.165) is 5.57 Å². The number of carbonyl (C=O) groups excluding carboxylic acids is 1. The third kappa shape index (κ3) is 4.17. The van der Waals surface area contributed by atoms with E-state index in [1.54, 1.807) is 25.2 Å². The number of halogens is 1. The van der Waals surface area contributed by atoms with Gasteiger partial charge in [-0.15, -0.1) is 0 Å². The number of allylic oxidation sites excluding steroid dienone is 5. The second-order valence-corrected chi connectivity index (χ2v) is 3.36. The highest BCUT2D eigenvalue weighted by atomic mass is 19.1. The molecular weight excluding hydrogens is 179 g/mol. The lowest BCUT2D eigenvalue weighted by Crippen LogP contribution is -2.02. The Balaban J connectivity index is 4.49. The van der Waals surface area contributed by atoms with E-state index in [2.05, 4.69) is 6.58 Å². The first kappa shape index (κ1) is 12.8. The average Bonchev–Trinajstić information content (AvgIpc) is 2.17.